The smallest absolute Gasteiger partial charge is 0.182 e. The van der Waals surface area contributed by atoms with Crippen LogP contribution in [0.2, 0.25) is 0 Å². The summed E-state index contributed by atoms with van der Waals surface area (Å²) in [5.74, 6) is 2.10. The molecule has 0 aliphatic rings. The van der Waals surface area contributed by atoms with E-state index >= 15 is 0 Å². The van der Waals surface area contributed by atoms with E-state index in [0.717, 1.165) is 34.0 Å². The molecule has 0 atom stereocenters. The highest BCUT2D eigenvalue weighted by molar-refractivity contribution is 5.85. The molecule has 2 aromatic carbocycles. The fourth-order valence-electron chi connectivity index (χ4n) is 3.21. The Labute approximate surface area is 172 Å². The summed E-state index contributed by atoms with van der Waals surface area (Å²) in [5, 5.41) is 6.68. The molecule has 0 bridgehead atoms. The van der Waals surface area contributed by atoms with E-state index in [9.17, 15) is 0 Å². The summed E-state index contributed by atoms with van der Waals surface area (Å²) in [6, 6.07) is 19.9. The SMILES string of the molecule is Cc1nc(Nc2cccc(Nc3ncnc4nc[nH]c34)c2)cc(-c2ccccc2)n1. The summed E-state index contributed by atoms with van der Waals surface area (Å²) < 4.78 is 0. The number of aromatic nitrogens is 6. The lowest BCUT2D eigenvalue weighted by Crippen LogP contribution is -2.00. The zero-order valence-corrected chi connectivity index (χ0v) is 16.2. The van der Waals surface area contributed by atoms with Crippen molar-refractivity contribution in [2.75, 3.05) is 10.6 Å². The molecule has 0 aliphatic heterocycles. The van der Waals surface area contributed by atoms with Gasteiger partial charge in [-0.15, -0.1) is 0 Å². The number of rotatable bonds is 5. The maximum absolute atomic E-state index is 4.56. The molecule has 3 aromatic heterocycles. The quantitative estimate of drug-likeness (QED) is 0.400. The maximum Gasteiger partial charge on any atom is 0.182 e. The van der Waals surface area contributed by atoms with Crippen LogP contribution in [0, 0.1) is 6.92 Å². The average Bonchev–Trinajstić information content (AvgIpc) is 3.24. The number of benzene rings is 2. The van der Waals surface area contributed by atoms with E-state index < -0.39 is 0 Å². The Kier molecular flexibility index (Phi) is 4.49. The molecule has 0 spiro atoms. The standard InChI is InChI=1S/C22H18N8/c1-14-27-18(15-6-3-2-4-7-15)11-19(28-14)29-16-8-5-9-17(10-16)30-22-20-21(24-12-23-20)25-13-26-22/h2-13H,1H3,(H,27,28,29)(H2,23,24,25,26,30). The number of H-pyrrole nitrogens is 1. The number of imidazole rings is 1. The molecule has 0 aliphatic carbocycles. The summed E-state index contributed by atoms with van der Waals surface area (Å²) >= 11 is 0. The third-order valence-corrected chi connectivity index (χ3v) is 4.53. The highest BCUT2D eigenvalue weighted by Crippen LogP contribution is 2.25. The lowest BCUT2D eigenvalue weighted by atomic mass is 10.1. The van der Waals surface area contributed by atoms with E-state index in [0.29, 0.717) is 17.3 Å². The molecule has 5 rings (SSSR count). The van der Waals surface area contributed by atoms with Crippen molar-refractivity contribution in [2.24, 2.45) is 0 Å². The van der Waals surface area contributed by atoms with Crippen LogP contribution >= 0.6 is 0 Å². The normalized spacial score (nSPS) is 10.8. The summed E-state index contributed by atoms with van der Waals surface area (Å²) in [4.78, 5) is 24.8. The van der Waals surface area contributed by atoms with Gasteiger partial charge in [0.25, 0.3) is 0 Å². The Hall–Kier alpha value is -4.33. The van der Waals surface area contributed by atoms with Crippen LogP contribution in [-0.2, 0) is 0 Å². The minimum absolute atomic E-state index is 0.617. The van der Waals surface area contributed by atoms with E-state index in [-0.39, 0.29) is 0 Å². The van der Waals surface area contributed by atoms with Gasteiger partial charge in [0.1, 0.15) is 23.5 Å². The number of nitrogens with zero attached hydrogens (tertiary/aromatic N) is 5. The third-order valence-electron chi connectivity index (χ3n) is 4.53. The van der Waals surface area contributed by atoms with Crippen molar-refractivity contribution in [2.45, 2.75) is 6.92 Å². The highest BCUT2D eigenvalue weighted by Gasteiger charge is 2.08. The molecule has 0 unspecified atom stereocenters. The van der Waals surface area contributed by atoms with Gasteiger partial charge in [0.2, 0.25) is 0 Å². The minimum atomic E-state index is 0.617. The molecule has 30 heavy (non-hydrogen) atoms. The number of aryl methyl sites for hydroxylation is 1. The number of anilines is 4. The fourth-order valence-corrected chi connectivity index (χ4v) is 3.21. The van der Waals surface area contributed by atoms with E-state index in [1.165, 1.54) is 6.33 Å². The van der Waals surface area contributed by atoms with Crippen LogP contribution in [0.3, 0.4) is 0 Å². The first kappa shape index (κ1) is 17.7. The number of fused-ring (bicyclic) bond motifs is 1. The van der Waals surface area contributed by atoms with Gasteiger partial charge in [-0.05, 0) is 25.1 Å². The molecule has 0 saturated heterocycles. The fraction of sp³-hybridized carbons (Fsp3) is 0.0455. The van der Waals surface area contributed by atoms with Crippen molar-refractivity contribution in [1.29, 1.82) is 0 Å². The van der Waals surface area contributed by atoms with Gasteiger partial charge >= 0.3 is 0 Å². The first-order valence-electron chi connectivity index (χ1n) is 9.44. The molecule has 3 N–H and O–H groups in total. The summed E-state index contributed by atoms with van der Waals surface area (Å²) in [6.45, 7) is 1.89. The predicted molar refractivity (Wildman–Crippen MR) is 117 cm³/mol. The number of hydrogen-bond donors (Lipinski definition) is 3. The molecular weight excluding hydrogens is 376 g/mol. The van der Waals surface area contributed by atoms with Crippen LogP contribution in [0.4, 0.5) is 23.0 Å². The average molecular weight is 394 g/mol. The summed E-state index contributed by atoms with van der Waals surface area (Å²) in [5.41, 5.74) is 5.08. The molecule has 8 nitrogen and oxygen atoms in total. The molecule has 8 heteroatoms. The first-order chi connectivity index (χ1) is 14.7. The van der Waals surface area contributed by atoms with Crippen molar-refractivity contribution in [3.63, 3.8) is 0 Å². The van der Waals surface area contributed by atoms with E-state index in [1.54, 1.807) is 6.33 Å². The Balaban J connectivity index is 1.41. The van der Waals surface area contributed by atoms with Crippen molar-refractivity contribution >= 4 is 34.2 Å². The molecule has 5 aromatic rings. The zero-order chi connectivity index (χ0) is 20.3. The minimum Gasteiger partial charge on any atom is -0.340 e. The molecule has 146 valence electrons. The number of aromatic amines is 1. The molecular formula is C22H18N8. The molecule has 0 amide bonds. The van der Waals surface area contributed by atoms with Gasteiger partial charge in [0, 0.05) is 23.0 Å². The second-order valence-electron chi connectivity index (χ2n) is 6.71. The number of nitrogens with one attached hydrogen (secondary N) is 3. The van der Waals surface area contributed by atoms with Crippen LogP contribution < -0.4 is 10.6 Å². The Morgan fingerprint density at radius 2 is 1.63 bits per heavy atom. The largest absolute Gasteiger partial charge is 0.340 e. The van der Waals surface area contributed by atoms with Crippen molar-refractivity contribution in [3.8, 4) is 11.3 Å². The van der Waals surface area contributed by atoms with E-state index in [1.807, 2.05) is 67.6 Å². The lowest BCUT2D eigenvalue weighted by Gasteiger charge is -2.11. The van der Waals surface area contributed by atoms with Crippen LogP contribution in [0.1, 0.15) is 5.82 Å². The molecule has 3 heterocycles. The molecule has 0 saturated carbocycles. The number of hydrogen-bond acceptors (Lipinski definition) is 7. The topological polar surface area (TPSA) is 104 Å². The molecule has 0 fully saturated rings. The van der Waals surface area contributed by atoms with Gasteiger partial charge < -0.3 is 15.6 Å². The summed E-state index contributed by atoms with van der Waals surface area (Å²) in [7, 11) is 0. The lowest BCUT2D eigenvalue weighted by molar-refractivity contribution is 1.06. The Morgan fingerprint density at radius 1 is 0.800 bits per heavy atom. The Bertz CT molecular complexity index is 1310. The second kappa shape index (κ2) is 7.59. The van der Waals surface area contributed by atoms with Gasteiger partial charge in [0.05, 0.1) is 12.0 Å². The van der Waals surface area contributed by atoms with Gasteiger partial charge in [0.15, 0.2) is 11.5 Å². The third kappa shape index (κ3) is 3.66. The first-order valence-corrected chi connectivity index (χ1v) is 9.44. The van der Waals surface area contributed by atoms with Crippen LogP contribution in [0.15, 0.2) is 73.3 Å². The highest BCUT2D eigenvalue weighted by atomic mass is 15.1. The van der Waals surface area contributed by atoms with Gasteiger partial charge in [-0.3, -0.25) is 0 Å². The van der Waals surface area contributed by atoms with Crippen molar-refractivity contribution in [1.82, 2.24) is 29.9 Å². The van der Waals surface area contributed by atoms with Crippen LogP contribution in [-0.4, -0.2) is 29.9 Å². The monoisotopic (exact) mass is 394 g/mol. The van der Waals surface area contributed by atoms with Crippen LogP contribution in [0.5, 0.6) is 0 Å². The van der Waals surface area contributed by atoms with Crippen molar-refractivity contribution in [3.05, 3.63) is 79.1 Å². The van der Waals surface area contributed by atoms with E-state index in [2.05, 4.69) is 40.5 Å². The van der Waals surface area contributed by atoms with Gasteiger partial charge in [-0.1, -0.05) is 36.4 Å². The second-order valence-corrected chi connectivity index (χ2v) is 6.71. The van der Waals surface area contributed by atoms with E-state index in [4.69, 9.17) is 0 Å². The summed E-state index contributed by atoms with van der Waals surface area (Å²) in [6.07, 6.45) is 3.09. The van der Waals surface area contributed by atoms with Crippen molar-refractivity contribution < 1.29 is 0 Å². The predicted octanol–water partition coefficient (Wildman–Crippen LogP) is 4.61. The maximum atomic E-state index is 4.56. The van der Waals surface area contributed by atoms with Crippen LogP contribution in [0.25, 0.3) is 22.4 Å². The van der Waals surface area contributed by atoms with Gasteiger partial charge in [-0.2, -0.15) is 0 Å². The zero-order valence-electron chi connectivity index (χ0n) is 16.2. The Morgan fingerprint density at radius 3 is 2.50 bits per heavy atom. The van der Waals surface area contributed by atoms with Gasteiger partial charge in [-0.25, -0.2) is 24.9 Å². The molecule has 0 radical (unpaired) electrons.